The summed E-state index contributed by atoms with van der Waals surface area (Å²) in [5.74, 6) is 0. The van der Waals surface area contributed by atoms with Gasteiger partial charge in [0.25, 0.3) is 5.69 Å². The van der Waals surface area contributed by atoms with Crippen LogP contribution in [0, 0.1) is 17.0 Å². The Morgan fingerprint density at radius 1 is 1.20 bits per heavy atom. The van der Waals surface area contributed by atoms with Gasteiger partial charge in [-0.05, 0) is 25.1 Å². The van der Waals surface area contributed by atoms with Crippen LogP contribution in [0.3, 0.4) is 0 Å². The van der Waals surface area contributed by atoms with Crippen molar-refractivity contribution in [2.45, 2.75) is 6.92 Å². The van der Waals surface area contributed by atoms with Crippen molar-refractivity contribution in [2.75, 3.05) is 10.6 Å². The zero-order valence-electron chi connectivity index (χ0n) is 13.3. The highest BCUT2D eigenvalue weighted by Crippen LogP contribution is 2.23. The van der Waals surface area contributed by atoms with Gasteiger partial charge in [0.15, 0.2) is 0 Å². The predicted octanol–water partition coefficient (Wildman–Crippen LogP) is 3.73. The van der Waals surface area contributed by atoms with Crippen LogP contribution in [0.2, 0.25) is 0 Å². The smallest absolute Gasteiger partial charge is 0.307 e. The van der Waals surface area contributed by atoms with E-state index in [4.69, 9.17) is 0 Å². The number of rotatable bonds is 4. The van der Waals surface area contributed by atoms with Gasteiger partial charge in [-0.15, -0.1) is 0 Å². The molecule has 2 amide bonds. The number of nitrogens with one attached hydrogen (secondary N) is 2. The van der Waals surface area contributed by atoms with E-state index in [1.54, 1.807) is 54.5 Å². The summed E-state index contributed by atoms with van der Waals surface area (Å²) in [5.41, 5.74) is 2.16. The van der Waals surface area contributed by atoms with Gasteiger partial charge in [0.05, 0.1) is 22.6 Å². The minimum Gasteiger partial charge on any atom is -0.307 e. The summed E-state index contributed by atoms with van der Waals surface area (Å²) < 4.78 is 1.77. The summed E-state index contributed by atoms with van der Waals surface area (Å²) in [6.07, 6.45) is 5.03. The maximum atomic E-state index is 12.3. The molecular weight excluding hydrogens is 322 g/mol. The van der Waals surface area contributed by atoms with Crippen molar-refractivity contribution in [3.8, 4) is 5.69 Å². The Kier molecular flexibility index (Phi) is 4.42. The second-order valence-corrected chi connectivity index (χ2v) is 5.32. The molecule has 3 aromatic rings. The van der Waals surface area contributed by atoms with Crippen LogP contribution in [-0.4, -0.2) is 20.5 Å². The molecule has 2 aromatic carbocycles. The molecular formula is C17H15N5O3. The van der Waals surface area contributed by atoms with Gasteiger partial charge in [0, 0.05) is 29.7 Å². The fraction of sp³-hybridized carbons (Fsp3) is 0.0588. The molecule has 0 saturated carbocycles. The second kappa shape index (κ2) is 6.83. The summed E-state index contributed by atoms with van der Waals surface area (Å²) in [4.78, 5) is 26.8. The summed E-state index contributed by atoms with van der Waals surface area (Å²) in [6.45, 7) is 1.64. The third-order valence-corrected chi connectivity index (χ3v) is 3.60. The van der Waals surface area contributed by atoms with Gasteiger partial charge in [0.1, 0.15) is 0 Å². The van der Waals surface area contributed by atoms with Crippen molar-refractivity contribution in [1.29, 1.82) is 0 Å². The number of hydrogen-bond acceptors (Lipinski definition) is 4. The van der Waals surface area contributed by atoms with E-state index in [9.17, 15) is 14.9 Å². The molecule has 1 aromatic heterocycles. The van der Waals surface area contributed by atoms with Gasteiger partial charge in [-0.2, -0.15) is 0 Å². The first-order valence-electron chi connectivity index (χ1n) is 7.45. The number of nitro benzene ring substituents is 1. The van der Waals surface area contributed by atoms with Crippen LogP contribution >= 0.6 is 0 Å². The lowest BCUT2D eigenvalue weighted by molar-refractivity contribution is -0.385. The van der Waals surface area contributed by atoms with Crippen molar-refractivity contribution in [3.05, 3.63) is 76.9 Å². The van der Waals surface area contributed by atoms with Gasteiger partial charge < -0.3 is 15.2 Å². The zero-order chi connectivity index (χ0) is 17.8. The average molecular weight is 337 g/mol. The number of nitrogens with zero attached hydrogens (tertiary/aromatic N) is 3. The highest BCUT2D eigenvalue weighted by atomic mass is 16.6. The molecule has 0 atom stereocenters. The van der Waals surface area contributed by atoms with E-state index >= 15 is 0 Å². The third kappa shape index (κ3) is 3.63. The first-order valence-corrected chi connectivity index (χ1v) is 7.45. The monoisotopic (exact) mass is 337 g/mol. The van der Waals surface area contributed by atoms with Crippen LogP contribution < -0.4 is 10.6 Å². The number of nitro groups is 1. The van der Waals surface area contributed by atoms with Gasteiger partial charge in [-0.25, -0.2) is 9.78 Å². The number of para-hydroxylation sites is 2. The number of hydrogen-bond donors (Lipinski definition) is 2. The number of imidazole rings is 1. The number of aryl methyl sites for hydroxylation is 1. The third-order valence-electron chi connectivity index (χ3n) is 3.60. The Balaban J connectivity index is 1.78. The number of carbonyl (C=O) groups excluding carboxylic acids is 1. The number of urea groups is 1. The van der Waals surface area contributed by atoms with Crippen molar-refractivity contribution in [2.24, 2.45) is 0 Å². The molecule has 0 aliphatic carbocycles. The molecule has 1 heterocycles. The second-order valence-electron chi connectivity index (χ2n) is 5.32. The first-order chi connectivity index (χ1) is 12.0. The molecule has 0 unspecified atom stereocenters. The highest BCUT2D eigenvalue weighted by molar-refractivity contribution is 6.01. The van der Waals surface area contributed by atoms with E-state index in [0.29, 0.717) is 16.9 Å². The molecule has 25 heavy (non-hydrogen) atoms. The Bertz CT molecular complexity index is 922. The molecule has 2 N–H and O–H groups in total. The van der Waals surface area contributed by atoms with Crippen LogP contribution in [-0.2, 0) is 0 Å². The Morgan fingerprint density at radius 2 is 2.00 bits per heavy atom. The Hall–Kier alpha value is -3.68. The van der Waals surface area contributed by atoms with Crippen molar-refractivity contribution in [1.82, 2.24) is 9.55 Å². The number of benzene rings is 2. The topological polar surface area (TPSA) is 102 Å². The van der Waals surface area contributed by atoms with Gasteiger partial charge >= 0.3 is 6.03 Å². The number of anilines is 2. The van der Waals surface area contributed by atoms with E-state index in [2.05, 4.69) is 15.6 Å². The number of carbonyl (C=O) groups is 1. The van der Waals surface area contributed by atoms with E-state index < -0.39 is 11.0 Å². The fourth-order valence-electron chi connectivity index (χ4n) is 2.37. The largest absolute Gasteiger partial charge is 0.323 e. The summed E-state index contributed by atoms with van der Waals surface area (Å²) in [7, 11) is 0. The molecule has 8 heteroatoms. The van der Waals surface area contributed by atoms with Crippen molar-refractivity contribution < 1.29 is 9.72 Å². The van der Waals surface area contributed by atoms with Crippen molar-refractivity contribution in [3.63, 3.8) is 0 Å². The normalized spacial score (nSPS) is 10.3. The summed E-state index contributed by atoms with van der Waals surface area (Å²) in [6, 6.07) is 11.3. The van der Waals surface area contributed by atoms with E-state index in [1.165, 1.54) is 6.07 Å². The van der Waals surface area contributed by atoms with Crippen LogP contribution in [0.4, 0.5) is 21.9 Å². The highest BCUT2D eigenvalue weighted by Gasteiger charge is 2.13. The lowest BCUT2D eigenvalue weighted by Gasteiger charge is -2.12. The summed E-state index contributed by atoms with van der Waals surface area (Å²) in [5, 5.41) is 16.3. The molecule has 0 fully saturated rings. The van der Waals surface area contributed by atoms with E-state index in [0.717, 1.165) is 5.69 Å². The SMILES string of the molecule is Cc1ccc(NC(=O)Nc2ccccc2-n2ccnc2)cc1[N+](=O)[O-]. The van der Waals surface area contributed by atoms with Crippen LogP contribution in [0.15, 0.2) is 61.2 Å². The number of amides is 2. The minimum atomic E-state index is -0.495. The molecule has 0 aliphatic rings. The van der Waals surface area contributed by atoms with Gasteiger partial charge in [-0.1, -0.05) is 18.2 Å². The van der Waals surface area contributed by atoms with Gasteiger partial charge in [0.2, 0.25) is 0 Å². The van der Waals surface area contributed by atoms with Crippen molar-refractivity contribution >= 4 is 23.1 Å². The lowest BCUT2D eigenvalue weighted by atomic mass is 10.2. The lowest BCUT2D eigenvalue weighted by Crippen LogP contribution is -2.20. The Labute approximate surface area is 143 Å². The van der Waals surface area contributed by atoms with Crippen LogP contribution in [0.1, 0.15) is 5.56 Å². The van der Waals surface area contributed by atoms with Crippen LogP contribution in [0.5, 0.6) is 0 Å². The first kappa shape index (κ1) is 16.2. The summed E-state index contributed by atoms with van der Waals surface area (Å²) >= 11 is 0. The molecule has 3 rings (SSSR count). The van der Waals surface area contributed by atoms with Crippen LogP contribution in [0.25, 0.3) is 5.69 Å². The quantitative estimate of drug-likeness (QED) is 0.559. The average Bonchev–Trinajstić information content (AvgIpc) is 3.11. The minimum absolute atomic E-state index is 0.0448. The zero-order valence-corrected chi connectivity index (χ0v) is 13.3. The predicted molar refractivity (Wildman–Crippen MR) is 94.0 cm³/mol. The van der Waals surface area contributed by atoms with E-state index in [1.807, 2.05) is 12.1 Å². The molecule has 8 nitrogen and oxygen atoms in total. The van der Waals surface area contributed by atoms with E-state index in [-0.39, 0.29) is 5.69 Å². The fourth-order valence-corrected chi connectivity index (χ4v) is 2.37. The number of aromatic nitrogens is 2. The molecule has 0 bridgehead atoms. The molecule has 0 aliphatic heterocycles. The molecule has 0 saturated heterocycles. The molecule has 0 radical (unpaired) electrons. The standard InChI is InChI=1S/C17H15N5O3/c1-12-6-7-13(10-16(12)22(24)25)19-17(23)20-14-4-2-3-5-15(14)21-9-8-18-11-21/h2-11H,1H3,(H2,19,20,23). The molecule has 0 spiro atoms. The maximum absolute atomic E-state index is 12.3. The molecule has 126 valence electrons. The maximum Gasteiger partial charge on any atom is 0.323 e. The van der Waals surface area contributed by atoms with Gasteiger partial charge in [-0.3, -0.25) is 10.1 Å². The Morgan fingerprint density at radius 3 is 2.72 bits per heavy atom.